The lowest BCUT2D eigenvalue weighted by atomic mass is 10.2. The van der Waals surface area contributed by atoms with Crippen LogP contribution in [0.25, 0.3) is 16.7 Å². The molecule has 3 heteroatoms. The monoisotopic (exact) mass is 289 g/mol. The van der Waals surface area contributed by atoms with E-state index < -0.39 is 0 Å². The molecule has 17 heavy (non-hydrogen) atoms. The predicted molar refractivity (Wildman–Crippen MR) is 74.7 cm³/mol. The van der Waals surface area contributed by atoms with Gasteiger partial charge in [0.1, 0.15) is 5.52 Å². The van der Waals surface area contributed by atoms with E-state index in [1.54, 1.807) is 6.08 Å². The molecular weight excluding hydrogens is 278 g/mol. The summed E-state index contributed by atoms with van der Waals surface area (Å²) in [6.07, 6.45) is 7.54. The molecule has 0 aliphatic carbocycles. The summed E-state index contributed by atoms with van der Waals surface area (Å²) in [5.41, 5.74) is 2.48. The van der Waals surface area contributed by atoms with E-state index >= 15 is 0 Å². The Balaban J connectivity index is 2.51. The largest absolute Gasteiger partial charge is 0.436 e. The molecule has 1 aromatic carbocycles. The molecule has 1 aromatic heterocycles. The highest BCUT2D eigenvalue weighted by molar-refractivity contribution is 9.10. The van der Waals surface area contributed by atoms with Gasteiger partial charge in [-0.25, -0.2) is 4.98 Å². The van der Waals surface area contributed by atoms with Crippen molar-refractivity contribution >= 4 is 32.6 Å². The van der Waals surface area contributed by atoms with Gasteiger partial charge in [-0.2, -0.15) is 0 Å². The molecule has 0 N–H and O–H groups in total. The smallest absolute Gasteiger partial charge is 0.227 e. The molecule has 0 aliphatic heterocycles. The standard InChI is InChI=1S/C14H12BrNO/c1-3-5-6-10(4-2)14-16-12-9-11(15)7-8-13(12)17-14/h3-9H,2H2,1H3/b5-3-,10-6+. The maximum Gasteiger partial charge on any atom is 0.227 e. The van der Waals surface area contributed by atoms with Gasteiger partial charge in [-0.15, -0.1) is 0 Å². The molecule has 0 saturated carbocycles. The van der Waals surface area contributed by atoms with Crippen LogP contribution in [-0.2, 0) is 0 Å². The number of fused-ring (bicyclic) bond motifs is 1. The number of halogens is 1. The van der Waals surface area contributed by atoms with Gasteiger partial charge in [0.2, 0.25) is 5.89 Å². The van der Waals surface area contributed by atoms with E-state index in [2.05, 4.69) is 27.5 Å². The van der Waals surface area contributed by atoms with Gasteiger partial charge in [0.05, 0.1) is 0 Å². The summed E-state index contributed by atoms with van der Waals surface area (Å²) in [5.74, 6) is 0.589. The van der Waals surface area contributed by atoms with Gasteiger partial charge in [-0.3, -0.25) is 0 Å². The molecule has 0 unspecified atom stereocenters. The molecule has 0 fully saturated rings. The lowest BCUT2D eigenvalue weighted by molar-refractivity contribution is 0.586. The lowest BCUT2D eigenvalue weighted by Crippen LogP contribution is -1.78. The predicted octanol–water partition coefficient (Wildman–Crippen LogP) is 4.74. The van der Waals surface area contributed by atoms with Crippen LogP contribution < -0.4 is 0 Å². The molecule has 0 atom stereocenters. The summed E-state index contributed by atoms with van der Waals surface area (Å²) in [5, 5.41) is 0. The average molecular weight is 290 g/mol. The molecule has 0 radical (unpaired) electrons. The maximum absolute atomic E-state index is 5.67. The molecule has 86 valence electrons. The highest BCUT2D eigenvalue weighted by Crippen LogP contribution is 2.24. The molecule has 0 amide bonds. The summed E-state index contributed by atoms with van der Waals surface area (Å²) < 4.78 is 6.66. The second kappa shape index (κ2) is 5.15. The van der Waals surface area contributed by atoms with Crippen molar-refractivity contribution in [3.63, 3.8) is 0 Å². The SMILES string of the molecule is C=C/C(=C\C=C/C)c1nc2cc(Br)ccc2o1. The third-order valence-electron chi connectivity index (χ3n) is 2.28. The molecule has 2 aromatic rings. The van der Waals surface area contributed by atoms with Crippen molar-refractivity contribution in [2.45, 2.75) is 6.92 Å². The summed E-state index contributed by atoms with van der Waals surface area (Å²) in [4.78, 5) is 4.43. The fourth-order valence-corrected chi connectivity index (χ4v) is 1.80. The number of nitrogens with zero attached hydrogens (tertiary/aromatic N) is 1. The number of aromatic nitrogens is 1. The van der Waals surface area contributed by atoms with Gasteiger partial charge >= 0.3 is 0 Å². The fourth-order valence-electron chi connectivity index (χ4n) is 1.45. The number of oxazole rings is 1. The second-order valence-corrected chi connectivity index (χ2v) is 4.40. The quantitative estimate of drug-likeness (QED) is 0.763. The normalized spacial score (nSPS) is 12.5. The van der Waals surface area contributed by atoms with Crippen LogP contribution in [0.3, 0.4) is 0 Å². The van der Waals surface area contributed by atoms with Crippen LogP contribution >= 0.6 is 15.9 Å². The first-order chi connectivity index (χ1) is 8.24. The third kappa shape index (κ3) is 2.56. The Hall–Kier alpha value is -1.61. The van der Waals surface area contributed by atoms with Crippen LogP contribution in [0.1, 0.15) is 12.8 Å². The van der Waals surface area contributed by atoms with Crippen molar-refractivity contribution in [2.75, 3.05) is 0 Å². The van der Waals surface area contributed by atoms with Crippen LogP contribution in [0, 0.1) is 0 Å². The second-order valence-electron chi connectivity index (χ2n) is 3.48. The Morgan fingerprint density at radius 3 is 3.00 bits per heavy atom. The van der Waals surface area contributed by atoms with Crippen LogP contribution in [0.4, 0.5) is 0 Å². The summed E-state index contributed by atoms with van der Waals surface area (Å²) in [7, 11) is 0. The van der Waals surface area contributed by atoms with Gasteiger partial charge in [0.25, 0.3) is 0 Å². The Bertz CT molecular complexity index is 608. The van der Waals surface area contributed by atoms with Gasteiger partial charge in [-0.05, 0) is 31.2 Å². The van der Waals surface area contributed by atoms with Crippen molar-refractivity contribution in [2.24, 2.45) is 0 Å². The van der Waals surface area contributed by atoms with Crippen molar-refractivity contribution < 1.29 is 4.42 Å². The van der Waals surface area contributed by atoms with E-state index in [1.165, 1.54) is 0 Å². The van der Waals surface area contributed by atoms with Crippen molar-refractivity contribution in [3.05, 3.63) is 59.4 Å². The van der Waals surface area contributed by atoms with Gasteiger partial charge in [0.15, 0.2) is 5.58 Å². The number of hydrogen-bond donors (Lipinski definition) is 0. The summed E-state index contributed by atoms with van der Waals surface area (Å²) in [6.45, 7) is 5.73. The lowest BCUT2D eigenvalue weighted by Gasteiger charge is -1.91. The van der Waals surface area contributed by atoms with E-state index in [0.29, 0.717) is 5.89 Å². The summed E-state index contributed by atoms with van der Waals surface area (Å²) >= 11 is 3.41. The first-order valence-corrected chi connectivity index (χ1v) is 6.06. The number of rotatable bonds is 3. The minimum atomic E-state index is 0.589. The molecule has 0 aliphatic rings. The molecule has 2 nitrogen and oxygen atoms in total. The van der Waals surface area contributed by atoms with E-state index in [4.69, 9.17) is 4.42 Å². The first kappa shape index (κ1) is 11.9. The molecule has 1 heterocycles. The number of hydrogen-bond acceptors (Lipinski definition) is 2. The number of allylic oxidation sites excluding steroid dienone is 5. The topological polar surface area (TPSA) is 26.0 Å². The zero-order chi connectivity index (χ0) is 12.3. The van der Waals surface area contributed by atoms with Crippen molar-refractivity contribution in [3.8, 4) is 0 Å². The van der Waals surface area contributed by atoms with Crippen LogP contribution in [-0.4, -0.2) is 4.98 Å². The van der Waals surface area contributed by atoms with Gasteiger partial charge < -0.3 is 4.42 Å². The molecule has 0 bridgehead atoms. The minimum absolute atomic E-state index is 0.589. The van der Waals surface area contributed by atoms with E-state index in [9.17, 15) is 0 Å². The molecular formula is C14H12BrNO. The van der Waals surface area contributed by atoms with Crippen LogP contribution in [0.5, 0.6) is 0 Å². The molecule has 0 saturated heterocycles. The Kier molecular flexibility index (Phi) is 3.59. The zero-order valence-electron chi connectivity index (χ0n) is 9.48. The molecule has 0 spiro atoms. The van der Waals surface area contributed by atoms with Crippen LogP contribution in [0.2, 0.25) is 0 Å². The third-order valence-corrected chi connectivity index (χ3v) is 2.78. The maximum atomic E-state index is 5.67. The van der Waals surface area contributed by atoms with E-state index in [-0.39, 0.29) is 0 Å². The van der Waals surface area contributed by atoms with E-state index in [1.807, 2.05) is 43.4 Å². The summed E-state index contributed by atoms with van der Waals surface area (Å²) in [6, 6.07) is 5.76. The molecule has 2 rings (SSSR count). The van der Waals surface area contributed by atoms with Gasteiger partial charge in [0, 0.05) is 10.0 Å². The fraction of sp³-hybridized carbons (Fsp3) is 0.0714. The average Bonchev–Trinajstić information content (AvgIpc) is 2.72. The number of benzene rings is 1. The Morgan fingerprint density at radius 1 is 1.47 bits per heavy atom. The Labute approximate surface area is 108 Å². The minimum Gasteiger partial charge on any atom is -0.436 e. The zero-order valence-corrected chi connectivity index (χ0v) is 11.1. The van der Waals surface area contributed by atoms with Crippen molar-refractivity contribution in [1.29, 1.82) is 0 Å². The highest BCUT2D eigenvalue weighted by atomic mass is 79.9. The van der Waals surface area contributed by atoms with Gasteiger partial charge in [-0.1, -0.05) is 40.7 Å². The van der Waals surface area contributed by atoms with Crippen molar-refractivity contribution in [1.82, 2.24) is 4.98 Å². The van der Waals surface area contributed by atoms with E-state index in [0.717, 1.165) is 21.1 Å². The highest BCUT2D eigenvalue weighted by Gasteiger charge is 2.07. The first-order valence-electron chi connectivity index (χ1n) is 5.26. The Morgan fingerprint density at radius 2 is 2.29 bits per heavy atom. The van der Waals surface area contributed by atoms with Crippen LogP contribution in [0.15, 0.2) is 58.0 Å².